The predicted molar refractivity (Wildman–Crippen MR) is 123 cm³/mol. The Morgan fingerprint density at radius 3 is 2.53 bits per heavy atom. The fraction of sp³-hybridized carbons (Fsp3) is 0.280. The summed E-state index contributed by atoms with van der Waals surface area (Å²) in [7, 11) is 1.46. The van der Waals surface area contributed by atoms with Crippen LogP contribution in [-0.4, -0.2) is 41.2 Å². The van der Waals surface area contributed by atoms with Gasteiger partial charge in [0.25, 0.3) is 11.8 Å². The van der Waals surface area contributed by atoms with Crippen molar-refractivity contribution in [3.8, 4) is 11.5 Å². The second kappa shape index (κ2) is 8.61. The summed E-state index contributed by atoms with van der Waals surface area (Å²) >= 11 is 6.23. The number of fused-ring (bicyclic) bond motifs is 5. The number of methoxy groups -OCH3 is 1. The van der Waals surface area contributed by atoms with Crippen molar-refractivity contribution in [2.75, 3.05) is 7.11 Å². The molecule has 2 amide bonds. The maximum atomic E-state index is 12.9. The molecular formula is C25H21ClN2O6. The fourth-order valence-corrected chi connectivity index (χ4v) is 5.28. The van der Waals surface area contributed by atoms with Crippen LogP contribution in [0, 0.1) is 23.7 Å². The van der Waals surface area contributed by atoms with Crippen molar-refractivity contribution < 1.29 is 29.0 Å². The quantitative estimate of drug-likeness (QED) is 0.367. The van der Waals surface area contributed by atoms with Gasteiger partial charge in [0.1, 0.15) is 6.61 Å². The number of aromatic carboxylic acids is 1. The number of allylic oxidation sites excluding steroid dienone is 2. The lowest BCUT2D eigenvalue weighted by molar-refractivity contribution is -0.140. The highest BCUT2D eigenvalue weighted by Crippen LogP contribution is 2.52. The van der Waals surface area contributed by atoms with Crippen molar-refractivity contribution >= 4 is 35.6 Å². The normalized spacial score (nSPS) is 24.8. The first kappa shape index (κ1) is 22.2. The molecule has 2 fully saturated rings. The van der Waals surface area contributed by atoms with E-state index in [4.69, 9.17) is 21.1 Å². The number of hydrazone groups is 1. The van der Waals surface area contributed by atoms with Gasteiger partial charge in [0, 0.05) is 16.7 Å². The Morgan fingerprint density at radius 1 is 1.18 bits per heavy atom. The van der Waals surface area contributed by atoms with E-state index in [-0.39, 0.29) is 47.7 Å². The number of carbonyl (C=O) groups excluding carboxylic acids is 2. The van der Waals surface area contributed by atoms with Crippen LogP contribution in [0.4, 0.5) is 0 Å². The summed E-state index contributed by atoms with van der Waals surface area (Å²) in [5, 5.41) is 14.7. The zero-order valence-electron chi connectivity index (χ0n) is 18.2. The Balaban J connectivity index is 1.41. The third-order valence-electron chi connectivity index (χ3n) is 6.58. The molecule has 2 aromatic rings. The van der Waals surface area contributed by atoms with E-state index < -0.39 is 5.97 Å². The Bertz CT molecular complexity index is 1230. The summed E-state index contributed by atoms with van der Waals surface area (Å²) in [6.07, 6.45) is 6.26. The van der Waals surface area contributed by atoms with E-state index in [1.165, 1.54) is 25.5 Å². The zero-order valence-corrected chi connectivity index (χ0v) is 18.9. The van der Waals surface area contributed by atoms with Crippen LogP contribution in [0.1, 0.15) is 27.9 Å². The van der Waals surface area contributed by atoms with Crippen LogP contribution >= 0.6 is 11.6 Å². The summed E-state index contributed by atoms with van der Waals surface area (Å²) in [4.78, 5) is 37.1. The van der Waals surface area contributed by atoms with Gasteiger partial charge in [-0.1, -0.05) is 35.9 Å². The van der Waals surface area contributed by atoms with Crippen molar-refractivity contribution in [3.63, 3.8) is 0 Å². The van der Waals surface area contributed by atoms with Gasteiger partial charge in [-0.05, 0) is 42.0 Å². The van der Waals surface area contributed by atoms with Crippen LogP contribution in [0.25, 0.3) is 0 Å². The van der Waals surface area contributed by atoms with Gasteiger partial charge in [0.05, 0.1) is 30.7 Å². The van der Waals surface area contributed by atoms with E-state index in [2.05, 4.69) is 5.10 Å². The lowest BCUT2D eigenvalue weighted by Crippen LogP contribution is -2.28. The van der Waals surface area contributed by atoms with Gasteiger partial charge >= 0.3 is 5.97 Å². The Morgan fingerprint density at radius 2 is 1.88 bits per heavy atom. The van der Waals surface area contributed by atoms with E-state index in [1.807, 2.05) is 12.2 Å². The number of carboxylic acids is 1. The van der Waals surface area contributed by atoms with Crippen LogP contribution in [0.15, 0.2) is 53.7 Å². The first-order valence-corrected chi connectivity index (χ1v) is 11.2. The van der Waals surface area contributed by atoms with Gasteiger partial charge in [0.15, 0.2) is 11.5 Å². The Labute approximate surface area is 200 Å². The predicted octanol–water partition coefficient (Wildman–Crippen LogP) is 3.77. The molecular weight excluding hydrogens is 460 g/mol. The lowest BCUT2D eigenvalue weighted by atomic mass is 9.85. The summed E-state index contributed by atoms with van der Waals surface area (Å²) < 4.78 is 11.4. The molecule has 1 N–H and O–H groups in total. The molecule has 34 heavy (non-hydrogen) atoms. The number of carboxylic acid groups (broad SMARTS) is 1. The van der Waals surface area contributed by atoms with Gasteiger partial charge in [0.2, 0.25) is 0 Å². The smallest absolute Gasteiger partial charge is 0.335 e. The Kier molecular flexibility index (Phi) is 5.61. The molecule has 1 heterocycles. The van der Waals surface area contributed by atoms with Gasteiger partial charge in [-0.2, -0.15) is 10.1 Å². The standard InChI is InChI=1S/C25H21ClN2O6/c1-33-19-10-18(26)9-17(22(19)34-12-13-3-2-4-16(7-13)25(31)32)11-27-28-23(29)20-14-5-6-15(8-14)21(20)24(28)30/h2-7,9-11,14-15,20-21H,8,12H2,1H3,(H,31,32)/t14-,15-,20-,21+/m0/s1. The Hall–Kier alpha value is -3.65. The molecule has 0 aromatic heterocycles. The number of ether oxygens (including phenoxy) is 2. The second-order valence-corrected chi connectivity index (χ2v) is 8.99. The molecule has 1 aliphatic heterocycles. The van der Waals surface area contributed by atoms with Crippen LogP contribution in [0.2, 0.25) is 5.02 Å². The summed E-state index contributed by atoms with van der Waals surface area (Å²) in [5.41, 5.74) is 1.20. The van der Waals surface area contributed by atoms with Crippen molar-refractivity contribution in [2.45, 2.75) is 13.0 Å². The monoisotopic (exact) mass is 480 g/mol. The van der Waals surface area contributed by atoms with Crippen LogP contribution in [-0.2, 0) is 16.2 Å². The number of hydrogen-bond acceptors (Lipinski definition) is 6. The van der Waals surface area contributed by atoms with Gasteiger partial charge in [-0.15, -0.1) is 0 Å². The molecule has 4 atom stereocenters. The molecule has 9 heteroatoms. The summed E-state index contributed by atoms with van der Waals surface area (Å²) in [6, 6.07) is 9.54. The second-order valence-electron chi connectivity index (χ2n) is 8.55. The van der Waals surface area contributed by atoms with E-state index in [0.29, 0.717) is 27.6 Å². The minimum atomic E-state index is -1.04. The first-order valence-electron chi connectivity index (χ1n) is 10.8. The number of carbonyl (C=O) groups is 3. The first-order chi connectivity index (χ1) is 16.4. The van der Waals surface area contributed by atoms with Crippen molar-refractivity contribution in [2.24, 2.45) is 28.8 Å². The third kappa shape index (κ3) is 3.74. The number of nitrogens with zero attached hydrogens (tertiary/aromatic N) is 2. The number of benzene rings is 2. The van der Waals surface area contributed by atoms with Crippen LogP contribution in [0.5, 0.6) is 11.5 Å². The highest BCUT2D eigenvalue weighted by Gasteiger charge is 2.59. The zero-order chi connectivity index (χ0) is 24.0. The fourth-order valence-electron chi connectivity index (χ4n) is 5.06. The topological polar surface area (TPSA) is 106 Å². The SMILES string of the molecule is COc1cc(Cl)cc(C=NN2C(=O)[C@@H]3[C@H](C2=O)[C@H]2C=C[C@H]3C2)c1OCc1cccc(C(=O)O)c1. The summed E-state index contributed by atoms with van der Waals surface area (Å²) in [5.74, 6) is -1.46. The minimum absolute atomic E-state index is 0.0563. The highest BCUT2D eigenvalue weighted by molar-refractivity contribution is 6.31. The van der Waals surface area contributed by atoms with E-state index in [0.717, 1.165) is 11.4 Å². The van der Waals surface area contributed by atoms with E-state index in [1.54, 1.807) is 24.3 Å². The van der Waals surface area contributed by atoms with Crippen LogP contribution in [0.3, 0.4) is 0 Å². The molecule has 2 aliphatic carbocycles. The van der Waals surface area contributed by atoms with Gasteiger partial charge in [-0.25, -0.2) is 4.79 Å². The maximum absolute atomic E-state index is 12.9. The maximum Gasteiger partial charge on any atom is 0.335 e. The number of amides is 2. The van der Waals surface area contributed by atoms with Crippen molar-refractivity contribution in [1.82, 2.24) is 5.01 Å². The molecule has 174 valence electrons. The molecule has 8 nitrogen and oxygen atoms in total. The van der Waals surface area contributed by atoms with Gasteiger partial charge in [-0.3, -0.25) is 9.59 Å². The lowest BCUT2D eigenvalue weighted by Gasteiger charge is -2.15. The molecule has 1 saturated heterocycles. The molecule has 2 bridgehead atoms. The molecule has 0 spiro atoms. The largest absolute Gasteiger partial charge is 0.493 e. The molecule has 0 radical (unpaired) electrons. The minimum Gasteiger partial charge on any atom is -0.493 e. The van der Waals surface area contributed by atoms with Gasteiger partial charge < -0.3 is 14.6 Å². The van der Waals surface area contributed by atoms with E-state index in [9.17, 15) is 19.5 Å². The van der Waals surface area contributed by atoms with E-state index >= 15 is 0 Å². The van der Waals surface area contributed by atoms with Crippen molar-refractivity contribution in [3.05, 3.63) is 70.3 Å². The molecule has 3 aliphatic rings. The molecule has 2 aromatic carbocycles. The number of halogens is 1. The summed E-state index contributed by atoms with van der Waals surface area (Å²) in [6.45, 7) is 0.0563. The third-order valence-corrected chi connectivity index (χ3v) is 6.80. The molecule has 0 unspecified atom stereocenters. The average Bonchev–Trinajstić information content (AvgIpc) is 3.51. The highest BCUT2D eigenvalue weighted by atomic mass is 35.5. The van der Waals surface area contributed by atoms with Crippen LogP contribution < -0.4 is 9.47 Å². The number of imide groups is 1. The number of rotatable bonds is 7. The molecule has 5 rings (SSSR count). The average molecular weight is 481 g/mol. The number of hydrogen-bond donors (Lipinski definition) is 1. The van der Waals surface area contributed by atoms with Crippen molar-refractivity contribution in [1.29, 1.82) is 0 Å². The molecule has 1 saturated carbocycles.